The van der Waals surface area contributed by atoms with E-state index in [9.17, 15) is 15.0 Å². The molecule has 0 radical (unpaired) electrons. The predicted molar refractivity (Wildman–Crippen MR) is 83.9 cm³/mol. The van der Waals surface area contributed by atoms with Crippen molar-refractivity contribution in [3.8, 4) is 11.5 Å². The summed E-state index contributed by atoms with van der Waals surface area (Å²) in [6.07, 6.45) is 6.92. The van der Waals surface area contributed by atoms with E-state index >= 15 is 0 Å². The van der Waals surface area contributed by atoms with Crippen LogP contribution in [0.3, 0.4) is 0 Å². The Morgan fingerprint density at radius 1 is 0.857 bits per heavy atom. The Kier molecular flexibility index (Phi) is 4.94. The van der Waals surface area contributed by atoms with E-state index in [-0.39, 0.29) is 11.5 Å². The molecular weight excluding hydrogens is 264 g/mol. The molecule has 0 aliphatic rings. The minimum atomic E-state index is 0.201. The summed E-state index contributed by atoms with van der Waals surface area (Å²) >= 11 is 0. The van der Waals surface area contributed by atoms with E-state index < -0.39 is 0 Å². The molecule has 0 bridgehead atoms. The highest BCUT2D eigenvalue weighted by Crippen LogP contribution is 2.15. The highest BCUT2D eigenvalue weighted by molar-refractivity contribution is 5.82. The van der Waals surface area contributed by atoms with Crippen molar-refractivity contribution >= 4 is 18.4 Å². The zero-order chi connectivity index (χ0) is 15.1. The molecule has 0 saturated heterocycles. The quantitative estimate of drug-likeness (QED) is 0.647. The summed E-state index contributed by atoms with van der Waals surface area (Å²) in [7, 11) is 0. The van der Waals surface area contributed by atoms with Gasteiger partial charge in [0.2, 0.25) is 0 Å². The summed E-state index contributed by atoms with van der Waals surface area (Å²) in [6.45, 7) is 0. The molecule has 3 nitrogen and oxygen atoms in total. The van der Waals surface area contributed by atoms with Crippen LogP contribution in [0.1, 0.15) is 17.5 Å². The predicted octanol–water partition coefficient (Wildman–Crippen LogP) is 3.78. The summed E-state index contributed by atoms with van der Waals surface area (Å²) in [5.74, 6) is 0.431. The number of rotatable bonds is 5. The van der Waals surface area contributed by atoms with E-state index in [1.165, 1.54) is 0 Å². The molecule has 0 aliphatic heterocycles. The first-order valence-electron chi connectivity index (χ1n) is 6.58. The average molecular weight is 280 g/mol. The van der Waals surface area contributed by atoms with Gasteiger partial charge in [-0.15, -0.1) is 0 Å². The molecule has 0 amide bonds. The van der Waals surface area contributed by atoms with Gasteiger partial charge in [0.05, 0.1) is 0 Å². The molecule has 2 aromatic carbocycles. The first-order chi connectivity index (χ1) is 10.2. The molecule has 3 heteroatoms. The number of benzene rings is 2. The molecule has 0 heterocycles. The van der Waals surface area contributed by atoms with Crippen molar-refractivity contribution in [1.82, 2.24) is 0 Å². The molecule has 0 unspecified atom stereocenters. The largest absolute Gasteiger partial charge is 0.508 e. The zero-order valence-electron chi connectivity index (χ0n) is 11.4. The molecule has 0 spiro atoms. The Labute approximate surface area is 123 Å². The third-order valence-corrected chi connectivity index (χ3v) is 2.95. The van der Waals surface area contributed by atoms with E-state index in [4.69, 9.17) is 0 Å². The van der Waals surface area contributed by atoms with Gasteiger partial charge in [0.25, 0.3) is 0 Å². The number of phenols is 2. The molecule has 0 saturated carbocycles. The minimum Gasteiger partial charge on any atom is -0.508 e. The van der Waals surface area contributed by atoms with Gasteiger partial charge in [-0.1, -0.05) is 36.4 Å². The van der Waals surface area contributed by atoms with Crippen molar-refractivity contribution in [2.45, 2.75) is 6.42 Å². The Balaban J connectivity index is 2.03. The van der Waals surface area contributed by atoms with Crippen LogP contribution in [0.25, 0.3) is 12.2 Å². The lowest BCUT2D eigenvalue weighted by Crippen LogP contribution is -1.83. The lowest BCUT2D eigenvalue weighted by molar-refractivity contribution is -0.104. The van der Waals surface area contributed by atoms with E-state index in [2.05, 4.69) is 0 Å². The van der Waals surface area contributed by atoms with E-state index in [1.807, 2.05) is 12.2 Å². The van der Waals surface area contributed by atoms with Crippen molar-refractivity contribution < 1.29 is 15.0 Å². The number of allylic oxidation sites excluding steroid dienone is 2. The van der Waals surface area contributed by atoms with E-state index in [1.54, 1.807) is 54.6 Å². The van der Waals surface area contributed by atoms with Crippen molar-refractivity contribution in [2.24, 2.45) is 0 Å². The van der Waals surface area contributed by atoms with Gasteiger partial charge in [-0.3, -0.25) is 4.79 Å². The van der Waals surface area contributed by atoms with Gasteiger partial charge in [0.1, 0.15) is 17.8 Å². The number of hydrogen-bond acceptors (Lipinski definition) is 3. The fraction of sp³-hybridized carbons (Fsp3) is 0.0556. The Morgan fingerprint density at radius 3 is 1.90 bits per heavy atom. The summed E-state index contributed by atoms with van der Waals surface area (Å²) in [5, 5.41) is 18.4. The van der Waals surface area contributed by atoms with Crippen LogP contribution in [0.2, 0.25) is 0 Å². The lowest BCUT2D eigenvalue weighted by Gasteiger charge is -1.98. The second-order valence-corrected chi connectivity index (χ2v) is 4.63. The van der Waals surface area contributed by atoms with Crippen molar-refractivity contribution in [3.63, 3.8) is 0 Å². The molecular formula is C18H16O3. The van der Waals surface area contributed by atoms with Crippen molar-refractivity contribution in [2.75, 3.05) is 0 Å². The molecule has 0 fully saturated rings. The lowest BCUT2D eigenvalue weighted by atomic mass is 10.1. The van der Waals surface area contributed by atoms with Gasteiger partial charge in [-0.25, -0.2) is 0 Å². The Bertz CT molecular complexity index is 650. The van der Waals surface area contributed by atoms with Crippen LogP contribution in [-0.2, 0) is 4.79 Å². The first-order valence-corrected chi connectivity index (χ1v) is 6.58. The van der Waals surface area contributed by atoms with Gasteiger partial charge >= 0.3 is 0 Å². The van der Waals surface area contributed by atoms with Gasteiger partial charge in [0, 0.05) is 0 Å². The first kappa shape index (κ1) is 14.6. The summed E-state index contributed by atoms with van der Waals surface area (Å²) in [5.41, 5.74) is 2.48. The smallest absolute Gasteiger partial charge is 0.146 e. The normalized spacial score (nSPS) is 11.7. The fourth-order valence-corrected chi connectivity index (χ4v) is 1.84. The molecule has 106 valence electrons. The number of aromatic hydroxyl groups is 2. The molecule has 0 aliphatic carbocycles. The number of carbonyl (C=O) groups is 1. The summed E-state index contributed by atoms with van der Waals surface area (Å²) in [6, 6.07) is 13.5. The van der Waals surface area contributed by atoms with Crippen LogP contribution in [0.15, 0.2) is 60.2 Å². The number of hydrogen-bond donors (Lipinski definition) is 2. The highest BCUT2D eigenvalue weighted by atomic mass is 16.3. The van der Waals surface area contributed by atoms with Gasteiger partial charge in [0.15, 0.2) is 0 Å². The monoisotopic (exact) mass is 280 g/mol. The van der Waals surface area contributed by atoms with Crippen molar-refractivity contribution in [3.05, 3.63) is 71.3 Å². The fourth-order valence-electron chi connectivity index (χ4n) is 1.84. The Morgan fingerprint density at radius 2 is 1.38 bits per heavy atom. The summed E-state index contributed by atoms with van der Waals surface area (Å²) in [4.78, 5) is 11.1. The molecule has 0 aromatic heterocycles. The summed E-state index contributed by atoms with van der Waals surface area (Å²) < 4.78 is 0. The molecule has 2 N–H and O–H groups in total. The van der Waals surface area contributed by atoms with Crippen LogP contribution < -0.4 is 0 Å². The van der Waals surface area contributed by atoms with E-state index in [0.29, 0.717) is 12.0 Å². The Hall–Kier alpha value is -2.81. The van der Waals surface area contributed by atoms with Crippen LogP contribution in [0.4, 0.5) is 0 Å². The number of aldehydes is 1. The third-order valence-electron chi connectivity index (χ3n) is 2.95. The molecule has 21 heavy (non-hydrogen) atoms. The van der Waals surface area contributed by atoms with Gasteiger partial charge in [-0.2, -0.15) is 0 Å². The topological polar surface area (TPSA) is 57.5 Å². The van der Waals surface area contributed by atoms with Crippen LogP contribution in [0, 0.1) is 0 Å². The number of carbonyl (C=O) groups excluding carboxylic acids is 1. The molecule has 2 aromatic rings. The van der Waals surface area contributed by atoms with Crippen LogP contribution in [-0.4, -0.2) is 16.5 Å². The number of phenolic OH excluding ortho intramolecular Hbond substituents is 2. The second kappa shape index (κ2) is 7.10. The standard InChI is InChI=1S/C18H16O3/c19-13-16(12-15-6-10-18(21)11-7-15)3-1-2-14-4-8-17(20)9-5-14/h1-2,4-13,20-21H,3H2/b2-1+,16-12-. The van der Waals surface area contributed by atoms with E-state index in [0.717, 1.165) is 17.4 Å². The molecule has 2 rings (SSSR count). The second-order valence-electron chi connectivity index (χ2n) is 4.63. The van der Waals surface area contributed by atoms with Gasteiger partial charge in [-0.05, 0) is 53.5 Å². The minimum absolute atomic E-state index is 0.201. The zero-order valence-corrected chi connectivity index (χ0v) is 11.4. The highest BCUT2D eigenvalue weighted by Gasteiger charge is 1.95. The maximum Gasteiger partial charge on any atom is 0.146 e. The SMILES string of the molecule is O=C/C(=C\c1ccc(O)cc1)C/C=C/c1ccc(O)cc1. The maximum atomic E-state index is 11.1. The van der Waals surface area contributed by atoms with Crippen LogP contribution >= 0.6 is 0 Å². The van der Waals surface area contributed by atoms with Crippen LogP contribution in [0.5, 0.6) is 11.5 Å². The third kappa shape index (κ3) is 4.66. The van der Waals surface area contributed by atoms with Crippen molar-refractivity contribution in [1.29, 1.82) is 0 Å². The average Bonchev–Trinajstić information content (AvgIpc) is 2.50. The molecule has 0 atom stereocenters. The van der Waals surface area contributed by atoms with Gasteiger partial charge < -0.3 is 10.2 Å². The maximum absolute atomic E-state index is 11.1.